The molecule has 1 aromatic carbocycles. The number of hydrogen-bond acceptors (Lipinski definition) is 5. The minimum atomic E-state index is -1.40. The summed E-state index contributed by atoms with van der Waals surface area (Å²) in [6.07, 6.45) is -0.679. The molecule has 1 atom stereocenters. The van der Waals surface area contributed by atoms with Crippen LogP contribution in [0.25, 0.3) is 0 Å². The van der Waals surface area contributed by atoms with Gasteiger partial charge in [-0.3, -0.25) is 19.7 Å². The number of primary amides is 1. The molecule has 1 aromatic rings. The molecule has 0 aliphatic carbocycles. The van der Waals surface area contributed by atoms with Gasteiger partial charge in [0.25, 0.3) is 5.69 Å². The molecule has 1 rings (SSSR count). The van der Waals surface area contributed by atoms with Crippen LogP contribution in [0.1, 0.15) is 12.0 Å². The van der Waals surface area contributed by atoms with Crippen molar-refractivity contribution in [1.29, 1.82) is 0 Å². The van der Waals surface area contributed by atoms with E-state index in [1.807, 2.05) is 0 Å². The van der Waals surface area contributed by atoms with E-state index in [0.717, 1.165) is 0 Å². The SMILES string of the molecule is NC(=O)C[C@H](NC(=O)Cc1ccc([N+](=O)[O-])cc1)C(=O)O. The van der Waals surface area contributed by atoms with Crippen LogP contribution in [0.3, 0.4) is 0 Å². The van der Waals surface area contributed by atoms with Gasteiger partial charge in [-0.1, -0.05) is 12.1 Å². The molecular formula is C12H13N3O6. The Labute approximate surface area is 118 Å². The number of nitro groups is 1. The minimum Gasteiger partial charge on any atom is -0.480 e. The first-order chi connectivity index (χ1) is 9.79. The third-order valence-corrected chi connectivity index (χ3v) is 2.55. The van der Waals surface area contributed by atoms with Gasteiger partial charge >= 0.3 is 5.97 Å². The lowest BCUT2D eigenvalue weighted by Crippen LogP contribution is -2.43. The topological polar surface area (TPSA) is 153 Å². The molecule has 0 saturated carbocycles. The van der Waals surface area contributed by atoms with Crippen LogP contribution < -0.4 is 11.1 Å². The molecule has 2 amide bonds. The fraction of sp³-hybridized carbons (Fsp3) is 0.250. The maximum absolute atomic E-state index is 11.7. The number of rotatable bonds is 7. The monoisotopic (exact) mass is 295 g/mol. The number of nitrogens with zero attached hydrogens (tertiary/aromatic N) is 1. The number of carbonyl (C=O) groups excluding carboxylic acids is 2. The molecular weight excluding hydrogens is 282 g/mol. The zero-order valence-corrected chi connectivity index (χ0v) is 10.8. The summed E-state index contributed by atoms with van der Waals surface area (Å²) in [7, 11) is 0. The molecule has 4 N–H and O–H groups in total. The number of carboxylic acid groups (broad SMARTS) is 1. The van der Waals surface area contributed by atoms with Crippen molar-refractivity contribution in [1.82, 2.24) is 5.32 Å². The summed E-state index contributed by atoms with van der Waals surface area (Å²) in [4.78, 5) is 43.1. The van der Waals surface area contributed by atoms with Gasteiger partial charge in [-0.05, 0) is 5.56 Å². The van der Waals surface area contributed by atoms with Crippen molar-refractivity contribution in [2.45, 2.75) is 18.9 Å². The van der Waals surface area contributed by atoms with Gasteiger partial charge in [-0.25, -0.2) is 4.79 Å². The Morgan fingerprint density at radius 3 is 2.29 bits per heavy atom. The Bertz CT molecular complexity index is 569. The number of carbonyl (C=O) groups is 3. The van der Waals surface area contributed by atoms with Crippen LogP contribution in [0.4, 0.5) is 5.69 Å². The van der Waals surface area contributed by atoms with Gasteiger partial charge in [0.1, 0.15) is 6.04 Å². The number of carboxylic acids is 1. The molecule has 9 nitrogen and oxygen atoms in total. The van der Waals surface area contributed by atoms with E-state index in [0.29, 0.717) is 5.56 Å². The van der Waals surface area contributed by atoms with Gasteiger partial charge in [-0.15, -0.1) is 0 Å². The highest BCUT2D eigenvalue weighted by atomic mass is 16.6. The van der Waals surface area contributed by atoms with E-state index < -0.39 is 35.2 Å². The molecule has 0 unspecified atom stereocenters. The van der Waals surface area contributed by atoms with Gasteiger partial charge in [0.15, 0.2) is 0 Å². The lowest BCUT2D eigenvalue weighted by Gasteiger charge is -2.12. The first-order valence-corrected chi connectivity index (χ1v) is 5.83. The van der Waals surface area contributed by atoms with Crippen LogP contribution >= 0.6 is 0 Å². The van der Waals surface area contributed by atoms with Gasteiger partial charge in [0.05, 0.1) is 17.8 Å². The Kier molecular flexibility index (Phi) is 5.35. The smallest absolute Gasteiger partial charge is 0.326 e. The van der Waals surface area contributed by atoms with Crippen molar-refractivity contribution in [3.8, 4) is 0 Å². The van der Waals surface area contributed by atoms with Crippen LogP contribution in [0, 0.1) is 10.1 Å². The lowest BCUT2D eigenvalue weighted by atomic mass is 10.1. The van der Waals surface area contributed by atoms with E-state index in [-0.39, 0.29) is 12.1 Å². The van der Waals surface area contributed by atoms with Crippen LogP contribution in [0.15, 0.2) is 24.3 Å². The van der Waals surface area contributed by atoms with E-state index in [1.165, 1.54) is 24.3 Å². The van der Waals surface area contributed by atoms with E-state index in [9.17, 15) is 24.5 Å². The zero-order valence-electron chi connectivity index (χ0n) is 10.8. The second kappa shape index (κ2) is 6.98. The molecule has 0 spiro atoms. The normalized spacial score (nSPS) is 11.4. The number of nitrogens with two attached hydrogens (primary N) is 1. The van der Waals surface area contributed by atoms with Gasteiger partial charge in [0.2, 0.25) is 11.8 Å². The maximum Gasteiger partial charge on any atom is 0.326 e. The largest absolute Gasteiger partial charge is 0.480 e. The van der Waals surface area contributed by atoms with Gasteiger partial charge < -0.3 is 16.2 Å². The van der Waals surface area contributed by atoms with Crippen LogP contribution in [0.2, 0.25) is 0 Å². The second-order valence-electron chi connectivity index (χ2n) is 4.23. The number of amides is 2. The average Bonchev–Trinajstić information content (AvgIpc) is 2.37. The average molecular weight is 295 g/mol. The summed E-state index contributed by atoms with van der Waals surface area (Å²) in [5.74, 6) is -2.85. The Balaban J connectivity index is 2.65. The first-order valence-electron chi connectivity index (χ1n) is 5.83. The van der Waals surface area contributed by atoms with Gasteiger partial charge in [-0.2, -0.15) is 0 Å². The Hall–Kier alpha value is -2.97. The fourth-order valence-corrected chi connectivity index (χ4v) is 1.57. The highest BCUT2D eigenvalue weighted by Gasteiger charge is 2.22. The predicted molar refractivity (Wildman–Crippen MR) is 70.2 cm³/mol. The lowest BCUT2D eigenvalue weighted by molar-refractivity contribution is -0.384. The van der Waals surface area contributed by atoms with Gasteiger partial charge in [0, 0.05) is 12.1 Å². The Morgan fingerprint density at radius 1 is 1.29 bits per heavy atom. The summed E-state index contributed by atoms with van der Waals surface area (Å²) in [5, 5.41) is 21.5. The summed E-state index contributed by atoms with van der Waals surface area (Å²) in [5.41, 5.74) is 5.25. The number of aliphatic carboxylic acids is 1. The van der Waals surface area contributed by atoms with Crippen molar-refractivity contribution in [3.05, 3.63) is 39.9 Å². The molecule has 112 valence electrons. The summed E-state index contributed by atoms with van der Waals surface area (Å²) in [6, 6.07) is 3.86. The molecule has 0 aliphatic heterocycles. The van der Waals surface area contributed by atoms with E-state index in [1.54, 1.807) is 0 Å². The van der Waals surface area contributed by atoms with Crippen molar-refractivity contribution >= 4 is 23.5 Å². The van der Waals surface area contributed by atoms with Crippen molar-refractivity contribution < 1.29 is 24.4 Å². The summed E-state index contributed by atoms with van der Waals surface area (Å²) < 4.78 is 0. The third-order valence-electron chi connectivity index (χ3n) is 2.55. The molecule has 0 saturated heterocycles. The highest BCUT2D eigenvalue weighted by molar-refractivity contribution is 5.88. The fourth-order valence-electron chi connectivity index (χ4n) is 1.57. The quantitative estimate of drug-likeness (QED) is 0.458. The number of hydrogen-bond donors (Lipinski definition) is 3. The minimum absolute atomic E-state index is 0.115. The van der Waals surface area contributed by atoms with Crippen molar-refractivity contribution in [3.63, 3.8) is 0 Å². The molecule has 9 heteroatoms. The third kappa shape index (κ3) is 5.27. The van der Waals surface area contributed by atoms with E-state index in [2.05, 4.69) is 5.32 Å². The number of benzene rings is 1. The first kappa shape index (κ1) is 16.1. The molecule has 0 radical (unpaired) electrons. The van der Waals surface area contributed by atoms with Crippen molar-refractivity contribution in [2.75, 3.05) is 0 Å². The molecule has 0 heterocycles. The molecule has 0 aliphatic rings. The Morgan fingerprint density at radius 2 is 1.86 bits per heavy atom. The predicted octanol–water partition coefficient (Wildman–Crippen LogP) is -0.418. The zero-order chi connectivity index (χ0) is 16.0. The molecule has 0 bridgehead atoms. The van der Waals surface area contributed by atoms with Crippen LogP contribution in [0.5, 0.6) is 0 Å². The highest BCUT2D eigenvalue weighted by Crippen LogP contribution is 2.12. The molecule has 0 fully saturated rings. The van der Waals surface area contributed by atoms with E-state index >= 15 is 0 Å². The molecule has 0 aromatic heterocycles. The number of nitro benzene ring substituents is 1. The summed E-state index contributed by atoms with van der Waals surface area (Å²) >= 11 is 0. The number of nitrogens with one attached hydrogen (secondary N) is 1. The van der Waals surface area contributed by atoms with Crippen molar-refractivity contribution in [2.24, 2.45) is 5.73 Å². The van der Waals surface area contributed by atoms with E-state index in [4.69, 9.17) is 10.8 Å². The summed E-state index contributed by atoms with van der Waals surface area (Å²) in [6.45, 7) is 0. The van der Waals surface area contributed by atoms with Crippen LogP contribution in [-0.2, 0) is 20.8 Å². The maximum atomic E-state index is 11.7. The standard InChI is InChI=1S/C12H13N3O6/c13-10(16)6-9(12(18)19)14-11(17)5-7-1-3-8(4-2-7)15(20)21/h1-4,9H,5-6H2,(H2,13,16)(H,14,17)(H,18,19)/t9-/m0/s1. The second-order valence-corrected chi connectivity index (χ2v) is 4.23. The van der Waals surface area contributed by atoms with Crippen LogP contribution in [-0.4, -0.2) is 33.9 Å². The molecule has 21 heavy (non-hydrogen) atoms. The number of non-ortho nitro benzene ring substituents is 1.